The molecule has 0 N–H and O–H groups in total. The zero-order valence-electron chi connectivity index (χ0n) is 17.6. The zero-order chi connectivity index (χ0) is 26.5. The number of rotatable bonds is 9. The summed E-state index contributed by atoms with van der Waals surface area (Å²) in [6, 6.07) is 0. The van der Waals surface area contributed by atoms with Crippen molar-refractivity contribution in [3.8, 4) is 0 Å². The Morgan fingerprint density at radius 3 is 1.42 bits per heavy atom. The standard InChI is InChI=1S/C5H12FNO8S3.C3H5F3.C2H5F.2CH3F/c1-7(16(8,9)4-15-3-6)17(10,11)5-18(12,13)14-2;1-3(5,6)2-4;1-2-3;2*1-2/h3-5H2,1-2H3;2H2,1H3;2H2,1H3;2*1H3. The number of hydrogen-bond donors (Lipinski definition) is 0. The maximum atomic E-state index is 11.6. The molecular weight excluding hydrogens is 515 g/mol. The third-order valence-electron chi connectivity index (χ3n) is 1.87. The van der Waals surface area contributed by atoms with Gasteiger partial charge in [-0.1, -0.05) is 3.71 Å². The summed E-state index contributed by atoms with van der Waals surface area (Å²) in [7, 11) is -11.3. The van der Waals surface area contributed by atoms with Gasteiger partial charge in [-0.2, -0.15) is 8.42 Å². The van der Waals surface area contributed by atoms with Gasteiger partial charge in [0.15, 0.2) is 24.6 Å². The fraction of sp³-hybridized carbons (Fsp3) is 1.00. The smallest absolute Gasteiger partial charge is 0.283 e. The van der Waals surface area contributed by atoms with E-state index in [2.05, 4.69) is 8.92 Å². The van der Waals surface area contributed by atoms with Gasteiger partial charge in [-0.3, -0.25) is 17.4 Å². The maximum absolute atomic E-state index is 11.6. The summed E-state index contributed by atoms with van der Waals surface area (Å²) in [4.78, 5) is 0. The molecule has 31 heavy (non-hydrogen) atoms. The minimum atomic E-state index is -4.69. The topological polar surface area (TPSA) is 124 Å². The highest BCUT2D eigenvalue weighted by molar-refractivity contribution is 8.10. The average Bonchev–Trinajstić information content (AvgIpc) is 2.68. The zero-order valence-corrected chi connectivity index (χ0v) is 20.1. The molecule has 0 spiro atoms. The molecule has 196 valence electrons. The number of nitrogens with zero attached hydrogens (tertiary/aromatic N) is 1. The van der Waals surface area contributed by atoms with Gasteiger partial charge in [-0.05, 0) is 6.92 Å². The van der Waals surface area contributed by atoms with Gasteiger partial charge in [-0.15, -0.1) is 0 Å². The van der Waals surface area contributed by atoms with Gasteiger partial charge in [0.05, 0.1) is 28.1 Å². The van der Waals surface area contributed by atoms with Crippen molar-refractivity contribution < 1.29 is 64.9 Å². The van der Waals surface area contributed by atoms with E-state index in [4.69, 9.17) is 0 Å². The molecule has 0 aliphatic heterocycles. The summed E-state index contributed by atoms with van der Waals surface area (Å²) in [6.45, 7) is -1.25. The quantitative estimate of drug-likeness (QED) is 0.320. The molecule has 0 aromatic carbocycles. The normalized spacial score (nSPS) is 11.4. The van der Waals surface area contributed by atoms with Gasteiger partial charge in [0.1, 0.15) is 0 Å². The number of sulfonamides is 2. The number of hydrogen-bond acceptors (Lipinski definition) is 8. The van der Waals surface area contributed by atoms with E-state index < -0.39 is 60.6 Å². The maximum Gasteiger partial charge on any atom is 0.283 e. The summed E-state index contributed by atoms with van der Waals surface area (Å²) in [5, 5.41) is -1.55. The van der Waals surface area contributed by atoms with Crippen molar-refractivity contribution in [2.24, 2.45) is 0 Å². The Bertz CT molecular complexity index is 698. The van der Waals surface area contributed by atoms with Crippen molar-refractivity contribution in [2.75, 3.05) is 59.7 Å². The SMILES string of the molecule is CC(F)(F)CF.CCF.CF.CF.COS(=O)(=O)CS(=O)(=O)N(C)S(=O)(=O)COCF. The Hall–Kier alpha value is -0.760. The Morgan fingerprint density at radius 2 is 1.19 bits per heavy atom. The van der Waals surface area contributed by atoms with Gasteiger partial charge in [-0.25, -0.2) is 34.4 Å². The monoisotopic (exact) mass is 543 g/mol. The fourth-order valence-corrected chi connectivity index (χ4v) is 5.45. The molecule has 0 unspecified atom stereocenters. The van der Waals surface area contributed by atoms with Crippen LogP contribution < -0.4 is 0 Å². The highest BCUT2D eigenvalue weighted by atomic mass is 32.3. The molecule has 0 heterocycles. The van der Waals surface area contributed by atoms with Crippen molar-refractivity contribution in [1.29, 1.82) is 0 Å². The first-order valence-electron chi connectivity index (χ1n) is 7.33. The highest BCUT2D eigenvalue weighted by Gasteiger charge is 2.34. The van der Waals surface area contributed by atoms with E-state index in [-0.39, 0.29) is 10.4 Å². The van der Waals surface area contributed by atoms with Crippen molar-refractivity contribution in [3.63, 3.8) is 0 Å². The predicted molar refractivity (Wildman–Crippen MR) is 101 cm³/mol. The molecule has 0 bridgehead atoms. The lowest BCUT2D eigenvalue weighted by atomic mass is 10.4. The Morgan fingerprint density at radius 1 is 0.871 bits per heavy atom. The van der Waals surface area contributed by atoms with Gasteiger partial charge >= 0.3 is 0 Å². The highest BCUT2D eigenvalue weighted by Crippen LogP contribution is 2.11. The van der Waals surface area contributed by atoms with Crippen molar-refractivity contribution in [1.82, 2.24) is 3.71 Å². The van der Waals surface area contributed by atoms with E-state index in [0.717, 1.165) is 7.11 Å². The van der Waals surface area contributed by atoms with Crippen LogP contribution in [0.5, 0.6) is 0 Å². The van der Waals surface area contributed by atoms with Crippen LogP contribution in [0.1, 0.15) is 13.8 Å². The minimum absolute atomic E-state index is 0.202. The molecule has 0 rings (SSSR count). The van der Waals surface area contributed by atoms with Crippen LogP contribution in [0, 0.1) is 0 Å². The number of halogens is 7. The largest absolute Gasteiger partial charge is 0.333 e. The van der Waals surface area contributed by atoms with Crippen molar-refractivity contribution in [3.05, 3.63) is 0 Å². The lowest BCUT2D eigenvalue weighted by Gasteiger charge is -2.16. The van der Waals surface area contributed by atoms with Crippen LogP contribution in [0.15, 0.2) is 0 Å². The molecule has 19 heteroatoms. The van der Waals surface area contributed by atoms with Crippen molar-refractivity contribution in [2.45, 2.75) is 19.8 Å². The van der Waals surface area contributed by atoms with Crippen molar-refractivity contribution >= 4 is 30.2 Å². The molecule has 0 aromatic rings. The lowest BCUT2D eigenvalue weighted by Crippen LogP contribution is -2.39. The molecule has 0 saturated carbocycles. The molecule has 0 aromatic heterocycles. The molecule has 0 aliphatic carbocycles. The van der Waals surface area contributed by atoms with E-state index in [1.807, 2.05) is 0 Å². The molecule has 0 aliphatic rings. The Labute approximate surface area is 178 Å². The van der Waals surface area contributed by atoms with E-state index in [9.17, 15) is 56.0 Å². The Balaban J connectivity index is -0.000000143. The molecule has 0 radical (unpaired) electrons. The minimum Gasteiger partial charge on any atom is -0.333 e. The molecule has 0 atom stereocenters. The summed E-state index contributed by atoms with van der Waals surface area (Å²) in [5.74, 6) is -4.35. The molecular formula is C12H28F7NO8S3. The first-order valence-corrected chi connectivity index (χ1v) is 12.1. The molecule has 0 amide bonds. The second kappa shape index (κ2) is 21.1. The Kier molecular flexibility index (Phi) is 27.6. The van der Waals surface area contributed by atoms with Gasteiger partial charge in [0, 0.05) is 14.0 Å². The first-order chi connectivity index (χ1) is 14.0. The van der Waals surface area contributed by atoms with E-state index >= 15 is 0 Å². The van der Waals surface area contributed by atoms with Crippen LogP contribution in [0.4, 0.5) is 30.7 Å². The summed E-state index contributed by atoms with van der Waals surface area (Å²) >= 11 is 0. The predicted octanol–water partition coefficient (Wildman–Crippen LogP) is 2.17. The van der Waals surface area contributed by atoms with Gasteiger partial charge < -0.3 is 4.74 Å². The van der Waals surface area contributed by atoms with Gasteiger partial charge in [0.2, 0.25) is 10.0 Å². The fourth-order valence-electron chi connectivity index (χ4n) is 0.689. The summed E-state index contributed by atoms with van der Waals surface area (Å²) in [5.41, 5.74) is 0. The van der Waals surface area contributed by atoms with Crippen LogP contribution in [-0.2, 0) is 39.1 Å². The van der Waals surface area contributed by atoms with Crippen LogP contribution in [0.2, 0.25) is 0 Å². The van der Waals surface area contributed by atoms with Crippen LogP contribution in [-0.4, -0.2) is 94.6 Å². The average molecular weight is 544 g/mol. The van der Waals surface area contributed by atoms with Crippen LogP contribution in [0.25, 0.3) is 0 Å². The third kappa shape index (κ3) is 27.2. The summed E-state index contributed by atoms with van der Waals surface area (Å²) in [6.07, 6.45) is 0. The van der Waals surface area contributed by atoms with Crippen LogP contribution >= 0.6 is 0 Å². The third-order valence-corrected chi connectivity index (χ3v) is 8.12. The van der Waals surface area contributed by atoms with Gasteiger partial charge in [0.25, 0.3) is 26.1 Å². The van der Waals surface area contributed by atoms with E-state index in [0.29, 0.717) is 28.3 Å². The second-order valence-corrected chi connectivity index (χ2v) is 10.6. The van der Waals surface area contributed by atoms with E-state index in [1.165, 1.54) is 6.92 Å². The second-order valence-electron chi connectivity index (χ2n) is 4.35. The number of ether oxygens (including phenoxy) is 1. The summed E-state index contributed by atoms with van der Waals surface area (Å²) < 4.78 is 149. The number of alkyl halides is 7. The van der Waals surface area contributed by atoms with Crippen LogP contribution in [0.3, 0.4) is 0 Å². The lowest BCUT2D eigenvalue weighted by molar-refractivity contribution is -0.00294. The first kappa shape index (κ1) is 40.6. The molecule has 0 saturated heterocycles. The molecule has 9 nitrogen and oxygen atoms in total. The van der Waals surface area contributed by atoms with E-state index in [1.54, 1.807) is 0 Å². The molecule has 0 fully saturated rings.